The van der Waals surface area contributed by atoms with Crippen LogP contribution in [0.1, 0.15) is 0 Å². The number of hydrogen-bond acceptors (Lipinski definition) is 3. The third kappa shape index (κ3) is 1.61. The van der Waals surface area contributed by atoms with Crippen LogP contribution in [0.4, 0.5) is 5.69 Å². The second-order valence-corrected chi connectivity index (χ2v) is 3.64. The highest BCUT2D eigenvalue weighted by atomic mass is 35.5. The number of rotatable bonds is 2. The Labute approximate surface area is 91.7 Å². The molecule has 0 saturated carbocycles. The fraction of sp³-hybridized carbons (Fsp3) is 0.300. The molecule has 2 rings (SSSR count). The van der Waals surface area contributed by atoms with Crippen molar-refractivity contribution >= 4 is 28.4 Å². The summed E-state index contributed by atoms with van der Waals surface area (Å²) < 4.78 is 6.54. The quantitative estimate of drug-likeness (QED) is 0.579. The molecule has 1 heterocycles. The Morgan fingerprint density at radius 1 is 1.53 bits per heavy atom. The molecule has 0 saturated heterocycles. The van der Waals surface area contributed by atoms with E-state index in [1.54, 1.807) is 13.1 Å². The van der Waals surface area contributed by atoms with Crippen molar-refractivity contribution in [3.8, 4) is 0 Å². The molecule has 0 radical (unpaired) electrons. The zero-order chi connectivity index (χ0) is 11.0. The Hall–Kier alpha value is -1.42. The average Bonchev–Trinajstić information content (AvgIpc) is 2.53. The molecule has 80 valence electrons. The van der Waals surface area contributed by atoms with Gasteiger partial charge in [-0.2, -0.15) is 0 Å². The Kier molecular flexibility index (Phi) is 2.44. The number of fused-ring (bicyclic) bond motifs is 1. The van der Waals surface area contributed by atoms with Crippen LogP contribution in [0.5, 0.6) is 0 Å². The first-order valence-corrected chi connectivity index (χ1v) is 5.03. The third-order valence-electron chi connectivity index (χ3n) is 2.40. The van der Waals surface area contributed by atoms with Crippen LogP contribution >= 0.6 is 11.6 Å². The number of benzene rings is 1. The molecular formula is C10H11ClN2O2. The SMILES string of the molecule is CN(CCl)c1ccc2c(c1)oc(=O)n2C. The fourth-order valence-electron chi connectivity index (χ4n) is 1.43. The first-order chi connectivity index (χ1) is 7.13. The Morgan fingerprint density at radius 3 is 2.93 bits per heavy atom. The van der Waals surface area contributed by atoms with Gasteiger partial charge in [0.05, 0.1) is 11.5 Å². The highest BCUT2D eigenvalue weighted by Gasteiger charge is 2.07. The zero-order valence-electron chi connectivity index (χ0n) is 8.53. The van der Waals surface area contributed by atoms with Gasteiger partial charge in [-0.05, 0) is 12.1 Å². The Morgan fingerprint density at radius 2 is 2.27 bits per heavy atom. The first kappa shape index (κ1) is 10.1. The lowest BCUT2D eigenvalue weighted by Gasteiger charge is -2.14. The molecule has 0 fully saturated rings. The van der Waals surface area contributed by atoms with E-state index in [1.807, 2.05) is 24.1 Å². The molecule has 0 unspecified atom stereocenters. The predicted molar refractivity (Wildman–Crippen MR) is 60.6 cm³/mol. The van der Waals surface area contributed by atoms with Gasteiger partial charge in [0.2, 0.25) is 0 Å². The molecule has 5 heteroatoms. The maximum Gasteiger partial charge on any atom is 0.419 e. The van der Waals surface area contributed by atoms with Crippen molar-refractivity contribution in [1.82, 2.24) is 4.57 Å². The molecule has 0 aliphatic heterocycles. The van der Waals surface area contributed by atoms with Crippen molar-refractivity contribution in [3.63, 3.8) is 0 Å². The Balaban J connectivity index is 2.62. The topological polar surface area (TPSA) is 38.4 Å². The van der Waals surface area contributed by atoms with E-state index in [9.17, 15) is 4.79 Å². The lowest BCUT2D eigenvalue weighted by atomic mass is 10.3. The predicted octanol–water partition coefficient (Wildman–Crippen LogP) is 1.76. The monoisotopic (exact) mass is 226 g/mol. The molecule has 0 aliphatic rings. The fourth-order valence-corrected chi connectivity index (χ4v) is 1.57. The summed E-state index contributed by atoms with van der Waals surface area (Å²) in [5.41, 5.74) is 2.29. The van der Waals surface area contributed by atoms with Crippen LogP contribution in [0.3, 0.4) is 0 Å². The van der Waals surface area contributed by atoms with Gasteiger partial charge in [0, 0.05) is 25.8 Å². The van der Waals surface area contributed by atoms with Crippen molar-refractivity contribution in [2.45, 2.75) is 0 Å². The number of anilines is 1. The standard InChI is InChI=1S/C10H11ClN2O2/c1-12(6-11)7-3-4-8-9(5-7)15-10(14)13(8)2/h3-5H,6H2,1-2H3. The summed E-state index contributed by atoms with van der Waals surface area (Å²) in [4.78, 5) is 13.1. The molecule has 0 N–H and O–H groups in total. The molecule has 1 aromatic heterocycles. The van der Waals surface area contributed by atoms with Crippen molar-refractivity contribution in [2.75, 3.05) is 18.0 Å². The minimum atomic E-state index is -0.351. The van der Waals surface area contributed by atoms with E-state index in [2.05, 4.69) is 0 Å². The third-order valence-corrected chi connectivity index (χ3v) is 2.75. The maximum absolute atomic E-state index is 11.2. The summed E-state index contributed by atoms with van der Waals surface area (Å²) in [6.45, 7) is 0. The number of aromatic nitrogens is 1. The van der Waals surface area contributed by atoms with Crippen LogP contribution in [0.2, 0.25) is 0 Å². The summed E-state index contributed by atoms with van der Waals surface area (Å²) >= 11 is 5.70. The second kappa shape index (κ2) is 3.62. The van der Waals surface area contributed by atoms with Gasteiger partial charge in [-0.25, -0.2) is 4.79 Å². The van der Waals surface area contributed by atoms with Crippen LogP contribution in [-0.4, -0.2) is 17.6 Å². The van der Waals surface area contributed by atoms with Gasteiger partial charge in [0.25, 0.3) is 0 Å². The first-order valence-electron chi connectivity index (χ1n) is 4.50. The van der Waals surface area contributed by atoms with Crippen LogP contribution in [-0.2, 0) is 7.05 Å². The van der Waals surface area contributed by atoms with Gasteiger partial charge in [-0.3, -0.25) is 4.57 Å². The zero-order valence-corrected chi connectivity index (χ0v) is 9.28. The highest BCUT2D eigenvalue weighted by Crippen LogP contribution is 2.20. The molecule has 0 aliphatic carbocycles. The van der Waals surface area contributed by atoms with Crippen molar-refractivity contribution < 1.29 is 4.42 Å². The molecule has 0 amide bonds. The van der Waals surface area contributed by atoms with Crippen molar-refractivity contribution in [1.29, 1.82) is 0 Å². The molecule has 4 nitrogen and oxygen atoms in total. The largest absolute Gasteiger partial charge is 0.419 e. The number of nitrogens with zero attached hydrogens (tertiary/aromatic N) is 2. The van der Waals surface area contributed by atoms with E-state index >= 15 is 0 Å². The minimum absolute atomic E-state index is 0.351. The molecule has 1 aromatic carbocycles. The number of oxazole rings is 1. The molecular weight excluding hydrogens is 216 g/mol. The summed E-state index contributed by atoms with van der Waals surface area (Å²) in [6, 6.07) is 5.94. The number of hydrogen-bond donors (Lipinski definition) is 0. The number of halogens is 1. The smallest absolute Gasteiger partial charge is 0.408 e. The molecule has 15 heavy (non-hydrogen) atoms. The van der Waals surface area contributed by atoms with Crippen LogP contribution in [0.25, 0.3) is 11.1 Å². The van der Waals surface area contributed by atoms with E-state index in [0.717, 1.165) is 11.2 Å². The molecule has 0 atom stereocenters. The average molecular weight is 227 g/mol. The van der Waals surface area contributed by atoms with E-state index in [0.29, 0.717) is 11.6 Å². The second-order valence-electron chi connectivity index (χ2n) is 3.40. The molecule has 2 aromatic rings. The van der Waals surface area contributed by atoms with Crippen LogP contribution in [0, 0.1) is 0 Å². The number of aryl methyl sites for hydroxylation is 1. The van der Waals surface area contributed by atoms with Gasteiger partial charge in [0.1, 0.15) is 0 Å². The van der Waals surface area contributed by atoms with Gasteiger partial charge < -0.3 is 9.32 Å². The van der Waals surface area contributed by atoms with E-state index in [4.69, 9.17) is 16.0 Å². The van der Waals surface area contributed by atoms with Crippen LogP contribution in [0.15, 0.2) is 27.4 Å². The Bertz CT molecular complexity index is 544. The van der Waals surface area contributed by atoms with Gasteiger partial charge >= 0.3 is 5.76 Å². The van der Waals surface area contributed by atoms with E-state index in [1.165, 1.54) is 4.57 Å². The van der Waals surface area contributed by atoms with Gasteiger partial charge in [-0.1, -0.05) is 0 Å². The van der Waals surface area contributed by atoms with Gasteiger partial charge in [0.15, 0.2) is 5.58 Å². The maximum atomic E-state index is 11.2. The summed E-state index contributed by atoms with van der Waals surface area (Å²) in [6.07, 6.45) is 0. The normalized spacial score (nSPS) is 10.9. The minimum Gasteiger partial charge on any atom is -0.408 e. The van der Waals surface area contributed by atoms with Gasteiger partial charge in [-0.15, -0.1) is 11.6 Å². The summed E-state index contributed by atoms with van der Waals surface area (Å²) in [5, 5.41) is 0. The highest BCUT2D eigenvalue weighted by molar-refractivity contribution is 6.19. The van der Waals surface area contributed by atoms with Crippen molar-refractivity contribution in [2.24, 2.45) is 7.05 Å². The van der Waals surface area contributed by atoms with Crippen LogP contribution < -0.4 is 10.7 Å². The van der Waals surface area contributed by atoms with Crippen molar-refractivity contribution in [3.05, 3.63) is 28.7 Å². The summed E-state index contributed by atoms with van der Waals surface area (Å²) in [5.74, 6) is -0.351. The molecule has 0 spiro atoms. The summed E-state index contributed by atoms with van der Waals surface area (Å²) in [7, 11) is 3.55. The lowest BCUT2D eigenvalue weighted by Crippen LogP contribution is -2.13. The molecule has 0 bridgehead atoms. The number of alkyl halides is 1. The lowest BCUT2D eigenvalue weighted by molar-refractivity contribution is 0.528. The van der Waals surface area contributed by atoms with E-state index < -0.39 is 0 Å². The van der Waals surface area contributed by atoms with E-state index in [-0.39, 0.29) is 5.76 Å².